The van der Waals surface area contributed by atoms with Crippen molar-refractivity contribution < 1.29 is 25.1 Å². The number of hydrogen-bond acceptors (Lipinski definition) is 1. The van der Waals surface area contributed by atoms with E-state index in [1.165, 1.54) is 0 Å². The van der Waals surface area contributed by atoms with Gasteiger partial charge in [0, 0.05) is 5.41 Å². The van der Waals surface area contributed by atoms with Crippen molar-refractivity contribution in [2.75, 3.05) is 0 Å². The number of rotatable bonds is 2. The molecule has 0 unspecified atom stereocenters. The van der Waals surface area contributed by atoms with Crippen molar-refractivity contribution >= 4 is 6.29 Å². The minimum absolute atomic E-state index is 0. The van der Waals surface area contributed by atoms with Crippen LogP contribution in [0.1, 0.15) is 28.6 Å². The third-order valence-corrected chi connectivity index (χ3v) is 1.23. The number of aldehydes is 1. The summed E-state index contributed by atoms with van der Waals surface area (Å²) in [4.78, 5) is 10.1. The average molecular weight is 108 g/mol. The first-order valence-electron chi connectivity index (χ1n) is 2.59. The first kappa shape index (κ1) is 11.1. The Bertz CT molecular complexity index is 73.5. The van der Waals surface area contributed by atoms with Crippen LogP contribution in [0, 0.1) is 5.41 Å². The molecule has 1 nitrogen and oxygen atoms in total. The number of hydrogen-bond donors (Lipinski definition) is 0. The van der Waals surface area contributed by atoms with Crippen LogP contribution in [0.3, 0.4) is 0 Å². The Morgan fingerprint density at radius 2 is 2.00 bits per heavy atom. The van der Waals surface area contributed by atoms with Gasteiger partial charge in [-0.15, -0.1) is 0 Å². The fraction of sp³-hybridized carbons (Fsp3) is 0.833. The van der Waals surface area contributed by atoms with Gasteiger partial charge in [0.1, 0.15) is 6.29 Å². The second-order valence-corrected chi connectivity index (χ2v) is 2.46. The molecule has 0 aliphatic heterocycles. The van der Waals surface area contributed by atoms with E-state index in [1.807, 2.05) is 20.8 Å². The molecule has 0 rings (SSSR count). The smallest absolute Gasteiger partial charge is 1.00 e. The second-order valence-electron chi connectivity index (χ2n) is 2.46. The molecular weight excluding hydrogens is 95.0 g/mol. The van der Waals surface area contributed by atoms with E-state index in [9.17, 15) is 4.79 Å². The Morgan fingerprint density at radius 3 is 2.00 bits per heavy atom. The third kappa shape index (κ3) is 4.43. The van der Waals surface area contributed by atoms with E-state index >= 15 is 0 Å². The van der Waals surface area contributed by atoms with E-state index < -0.39 is 0 Å². The molecule has 0 aromatic heterocycles. The van der Waals surface area contributed by atoms with Crippen molar-refractivity contribution in [2.24, 2.45) is 5.41 Å². The zero-order valence-corrected chi connectivity index (χ0v) is 6.19. The molecule has 0 aromatic carbocycles. The van der Waals surface area contributed by atoms with Crippen molar-refractivity contribution in [3.8, 4) is 0 Å². The summed E-state index contributed by atoms with van der Waals surface area (Å²) < 4.78 is 0. The maximum Gasteiger partial charge on any atom is 1.00 e. The molecule has 0 saturated carbocycles. The second kappa shape index (κ2) is 4.18. The van der Waals surface area contributed by atoms with Crippen LogP contribution in [0.4, 0.5) is 0 Å². The van der Waals surface area contributed by atoms with Crippen LogP contribution in [-0.2, 0) is 4.79 Å². The average Bonchev–Trinajstić information content (AvgIpc) is 1.68. The van der Waals surface area contributed by atoms with Crippen LogP contribution in [0.2, 0.25) is 0 Å². The molecule has 8 heavy (non-hydrogen) atoms. The molecule has 2 heteroatoms. The molecule has 44 valence electrons. The fourth-order valence-corrected chi connectivity index (χ4v) is 0.0833. The summed E-state index contributed by atoms with van der Waals surface area (Å²) in [6, 6.07) is 0. The van der Waals surface area contributed by atoms with Gasteiger partial charge in [-0.3, -0.25) is 0 Å². The maximum absolute atomic E-state index is 10.1. The standard InChI is InChI=1S/C6H12O.Li.H/c1-4-6(2,3)5-7;;/h5H,4H2,1-3H3;;/q;+1;-1. The summed E-state index contributed by atoms with van der Waals surface area (Å²) in [5, 5.41) is 0. The number of carbonyl (C=O) groups is 1. The van der Waals surface area contributed by atoms with Gasteiger partial charge in [0.15, 0.2) is 0 Å². The first-order valence-corrected chi connectivity index (χ1v) is 2.59. The summed E-state index contributed by atoms with van der Waals surface area (Å²) in [6.07, 6.45) is 1.92. The summed E-state index contributed by atoms with van der Waals surface area (Å²) >= 11 is 0. The Balaban J connectivity index is -0.000000180. The van der Waals surface area contributed by atoms with Crippen LogP contribution in [-0.4, -0.2) is 6.29 Å². The molecule has 0 saturated heterocycles. The van der Waals surface area contributed by atoms with Gasteiger partial charge in [-0.2, -0.15) is 0 Å². The van der Waals surface area contributed by atoms with E-state index in [1.54, 1.807) is 0 Å². The molecule has 0 aliphatic rings. The van der Waals surface area contributed by atoms with E-state index in [0.29, 0.717) is 0 Å². The van der Waals surface area contributed by atoms with Crippen molar-refractivity contribution in [1.82, 2.24) is 0 Å². The predicted octanol–water partition coefficient (Wildman–Crippen LogP) is -1.26. The topological polar surface area (TPSA) is 17.1 Å². The van der Waals surface area contributed by atoms with Crippen molar-refractivity contribution in [3.63, 3.8) is 0 Å². The van der Waals surface area contributed by atoms with Crippen LogP contribution < -0.4 is 18.9 Å². The molecule has 0 fully saturated rings. The zero-order chi connectivity index (χ0) is 5.91. The van der Waals surface area contributed by atoms with E-state index in [0.717, 1.165) is 12.7 Å². The van der Waals surface area contributed by atoms with Gasteiger partial charge in [0.2, 0.25) is 0 Å². The quantitative estimate of drug-likeness (QED) is 0.318. The normalized spacial score (nSPS) is 9.88. The molecule has 0 radical (unpaired) electrons. The molecule has 0 amide bonds. The van der Waals surface area contributed by atoms with E-state index in [-0.39, 0.29) is 25.7 Å². The third-order valence-electron chi connectivity index (χ3n) is 1.23. The Kier molecular flexibility index (Phi) is 5.80. The minimum Gasteiger partial charge on any atom is -1.00 e. The van der Waals surface area contributed by atoms with Gasteiger partial charge in [0.05, 0.1) is 0 Å². The molecule has 0 atom stereocenters. The van der Waals surface area contributed by atoms with Crippen molar-refractivity contribution in [2.45, 2.75) is 27.2 Å². The van der Waals surface area contributed by atoms with Gasteiger partial charge in [-0.1, -0.05) is 20.8 Å². The van der Waals surface area contributed by atoms with Crippen molar-refractivity contribution in [1.29, 1.82) is 0 Å². The minimum atomic E-state index is -0.0972. The Hall–Kier alpha value is 0.267. The molecule has 0 heterocycles. The van der Waals surface area contributed by atoms with Gasteiger partial charge in [0.25, 0.3) is 0 Å². The monoisotopic (exact) mass is 108 g/mol. The van der Waals surface area contributed by atoms with Crippen LogP contribution in [0.15, 0.2) is 0 Å². The Morgan fingerprint density at radius 1 is 1.62 bits per heavy atom. The predicted molar refractivity (Wildman–Crippen MR) is 31.2 cm³/mol. The molecule has 0 N–H and O–H groups in total. The summed E-state index contributed by atoms with van der Waals surface area (Å²) in [6.45, 7) is 5.87. The largest absolute Gasteiger partial charge is 1.00 e. The van der Waals surface area contributed by atoms with Gasteiger partial charge >= 0.3 is 18.9 Å². The summed E-state index contributed by atoms with van der Waals surface area (Å²) in [5.74, 6) is 0. The van der Waals surface area contributed by atoms with Gasteiger partial charge < -0.3 is 6.22 Å². The zero-order valence-electron chi connectivity index (χ0n) is 7.19. The van der Waals surface area contributed by atoms with Crippen LogP contribution in [0.25, 0.3) is 0 Å². The van der Waals surface area contributed by atoms with Gasteiger partial charge in [-0.05, 0) is 6.42 Å². The van der Waals surface area contributed by atoms with E-state index in [4.69, 9.17) is 0 Å². The molecule has 0 aromatic rings. The van der Waals surface area contributed by atoms with Crippen molar-refractivity contribution in [3.05, 3.63) is 0 Å². The fourth-order valence-electron chi connectivity index (χ4n) is 0.0833. The SMILES string of the molecule is CCC(C)(C)C=O.[H-].[Li+]. The van der Waals surface area contributed by atoms with Gasteiger partial charge in [-0.25, -0.2) is 0 Å². The number of carbonyl (C=O) groups excluding carboxylic acids is 1. The maximum atomic E-state index is 10.1. The molecular formula is C6H13LiO. The summed E-state index contributed by atoms with van der Waals surface area (Å²) in [5.41, 5.74) is -0.0972. The molecule has 0 spiro atoms. The summed E-state index contributed by atoms with van der Waals surface area (Å²) in [7, 11) is 0. The van der Waals surface area contributed by atoms with Crippen LogP contribution >= 0.6 is 0 Å². The molecule has 0 aliphatic carbocycles. The molecule has 0 bridgehead atoms. The van der Waals surface area contributed by atoms with Crippen LogP contribution in [0.5, 0.6) is 0 Å². The first-order chi connectivity index (χ1) is 3.12. The Labute approximate surface area is 64.5 Å². The van der Waals surface area contributed by atoms with E-state index in [2.05, 4.69) is 0 Å².